The van der Waals surface area contributed by atoms with Crippen LogP contribution < -0.4 is 14.7 Å². The molecule has 0 spiro atoms. The zero-order chi connectivity index (χ0) is 30.7. The minimum absolute atomic E-state index is 0.00555. The molecule has 1 fully saturated rings. The Morgan fingerprint density at radius 3 is 2.63 bits per heavy atom. The van der Waals surface area contributed by atoms with Crippen LogP contribution in [0.5, 0.6) is 5.75 Å². The quantitative estimate of drug-likeness (QED) is 0.126. The van der Waals surface area contributed by atoms with Gasteiger partial charge >= 0.3 is 5.97 Å². The molecule has 11 nitrogen and oxygen atoms in total. The number of β-lactam (4-membered cyclic amide) rings is 1. The smallest absolute Gasteiger partial charge is 0.352 e. The van der Waals surface area contributed by atoms with Gasteiger partial charge in [0.1, 0.15) is 29.8 Å². The van der Waals surface area contributed by atoms with Gasteiger partial charge in [0.15, 0.2) is 18.9 Å². The minimum Gasteiger partial charge on any atom is -0.508 e. The normalized spacial score (nSPS) is 20.4. The molecule has 5 heterocycles. The lowest BCUT2D eigenvalue weighted by Crippen LogP contribution is -2.63. The second-order valence-corrected chi connectivity index (χ2v) is 12.8. The van der Waals surface area contributed by atoms with E-state index >= 15 is 0 Å². The van der Waals surface area contributed by atoms with E-state index in [1.54, 1.807) is 49.1 Å². The number of carboxylic acids is 1. The maximum absolute atomic E-state index is 12.8. The summed E-state index contributed by atoms with van der Waals surface area (Å²) in [6.07, 6.45) is 8.45. The summed E-state index contributed by atoms with van der Waals surface area (Å²) in [7, 11) is 0. The highest BCUT2D eigenvalue weighted by atomic mass is 32.2. The Labute approximate surface area is 255 Å². The lowest BCUT2D eigenvalue weighted by molar-refractivity contribution is -0.688. The summed E-state index contributed by atoms with van der Waals surface area (Å²) in [6.45, 7) is 4.40. The lowest BCUT2D eigenvalue weighted by Gasteiger charge is -2.46. The van der Waals surface area contributed by atoms with E-state index in [2.05, 4.69) is 4.57 Å². The Bertz CT molecular complexity index is 1840. The van der Waals surface area contributed by atoms with Crippen LogP contribution in [0.1, 0.15) is 40.2 Å². The van der Waals surface area contributed by atoms with E-state index in [1.165, 1.54) is 16.2 Å². The van der Waals surface area contributed by atoms with Crippen LogP contribution in [0.4, 0.5) is 0 Å². The number of imidazole rings is 1. The number of aromatic hydroxyl groups is 1. The van der Waals surface area contributed by atoms with E-state index in [-0.39, 0.29) is 29.3 Å². The number of carbonyl (C=O) groups is 3. The van der Waals surface area contributed by atoms with E-state index in [1.807, 2.05) is 46.9 Å². The average Bonchev–Trinajstić information content (AvgIpc) is 3.55. The maximum atomic E-state index is 12.8. The summed E-state index contributed by atoms with van der Waals surface area (Å²) in [5, 5.41) is 31.7. The van der Waals surface area contributed by atoms with Crippen molar-refractivity contribution in [3.8, 4) is 5.75 Å². The molecule has 6 rings (SSSR count). The van der Waals surface area contributed by atoms with Crippen molar-refractivity contribution in [2.45, 2.75) is 44.1 Å². The van der Waals surface area contributed by atoms with E-state index in [0.29, 0.717) is 24.2 Å². The fraction of sp³-hybridized carbons (Fsp3) is 0.300. The number of phenols is 1. The predicted octanol–water partition coefficient (Wildman–Crippen LogP) is 1.85. The number of thioether (sulfide) groups is 1. The van der Waals surface area contributed by atoms with Crippen molar-refractivity contribution in [3.63, 3.8) is 0 Å². The highest BCUT2D eigenvalue weighted by Gasteiger charge is 2.60. The summed E-state index contributed by atoms with van der Waals surface area (Å²) in [5.74, 6) is -2.75. The first-order valence-corrected chi connectivity index (χ1v) is 15.7. The van der Waals surface area contributed by atoms with Gasteiger partial charge in [-0.25, -0.2) is 9.36 Å². The third kappa shape index (κ3) is 4.86. The molecule has 4 aromatic rings. The fourth-order valence-electron chi connectivity index (χ4n) is 6.37. The van der Waals surface area contributed by atoms with Crippen LogP contribution in [0, 0.1) is 11.8 Å². The number of nitrogens with two attached hydrogens (primary N) is 1. The van der Waals surface area contributed by atoms with Gasteiger partial charge < -0.3 is 26.0 Å². The van der Waals surface area contributed by atoms with Crippen LogP contribution in [-0.2, 0) is 22.7 Å². The Balaban J connectivity index is 1.31. The zero-order valence-corrected chi connectivity index (χ0v) is 25.3. The van der Waals surface area contributed by atoms with E-state index in [4.69, 9.17) is 5.73 Å². The van der Waals surface area contributed by atoms with Crippen molar-refractivity contribution < 1.29 is 38.7 Å². The number of carboxylic acid groups (broad SMARTS) is 1. The number of carbonyl (C=O) groups excluding carboxylic acids is 2. The number of pyridine rings is 1. The number of nitrogens with zero attached hydrogens (tertiary/aromatic N) is 4. The molecule has 2 amide bonds. The van der Waals surface area contributed by atoms with Gasteiger partial charge in [-0.1, -0.05) is 30.0 Å². The third-order valence-electron chi connectivity index (χ3n) is 8.14. The largest absolute Gasteiger partial charge is 0.508 e. The number of phenolic OH excluding ortho intramolecular Hbond substituents is 1. The number of rotatable bonds is 9. The SMILES string of the molecule is CSc1c2sc(C3=C(C(=O)O)N4C(=O)[C@H]([C@@H](C)O)[C@H]4[C@H]3C)c[n+]2cn1Cc1cc(O)cc(C[n+]2cccc(C(N)=O)c2)c1. The molecular formula is C30H31N5O6S2+2. The number of benzene rings is 1. The van der Waals surface area contributed by atoms with Crippen molar-refractivity contribution in [1.29, 1.82) is 0 Å². The van der Waals surface area contributed by atoms with Crippen LogP contribution >= 0.6 is 23.1 Å². The Morgan fingerprint density at radius 2 is 1.95 bits per heavy atom. The Kier molecular flexibility index (Phi) is 7.27. The number of aliphatic hydroxyl groups is 1. The number of thiazole rings is 1. The molecule has 2 aliphatic heterocycles. The molecule has 4 atom stereocenters. The molecule has 0 aliphatic carbocycles. The molecule has 0 saturated carbocycles. The zero-order valence-electron chi connectivity index (χ0n) is 23.7. The summed E-state index contributed by atoms with van der Waals surface area (Å²) >= 11 is 3.03. The average molecular weight is 622 g/mol. The number of fused-ring (bicyclic) bond motifs is 2. The molecule has 222 valence electrons. The Hall–Kier alpha value is -4.20. The van der Waals surface area contributed by atoms with Gasteiger partial charge in [0.2, 0.25) is 15.8 Å². The van der Waals surface area contributed by atoms with Crippen LogP contribution in [0.25, 0.3) is 10.4 Å². The molecule has 13 heteroatoms. The van der Waals surface area contributed by atoms with Crippen LogP contribution in [0.3, 0.4) is 0 Å². The van der Waals surface area contributed by atoms with Gasteiger partial charge in [-0.3, -0.25) is 9.59 Å². The number of hydrogen-bond donors (Lipinski definition) is 4. The number of hydrogen-bond acceptors (Lipinski definition) is 7. The second-order valence-electron chi connectivity index (χ2n) is 11.0. The number of primary amides is 1. The van der Waals surface area contributed by atoms with E-state index in [9.17, 15) is 29.7 Å². The molecule has 5 N–H and O–H groups in total. The maximum Gasteiger partial charge on any atom is 0.352 e. The molecule has 43 heavy (non-hydrogen) atoms. The van der Waals surface area contributed by atoms with E-state index in [0.717, 1.165) is 25.9 Å². The summed E-state index contributed by atoms with van der Waals surface area (Å²) < 4.78 is 5.87. The first-order valence-electron chi connectivity index (χ1n) is 13.7. The molecular weight excluding hydrogens is 590 g/mol. The van der Waals surface area contributed by atoms with E-state index < -0.39 is 23.9 Å². The molecule has 3 aromatic heterocycles. The van der Waals surface area contributed by atoms with Crippen molar-refractivity contribution >= 4 is 51.3 Å². The highest BCUT2D eigenvalue weighted by Crippen LogP contribution is 2.51. The van der Waals surface area contributed by atoms with Crippen molar-refractivity contribution in [2.24, 2.45) is 17.6 Å². The van der Waals surface area contributed by atoms with Gasteiger partial charge in [-0.05, 0) is 43.0 Å². The van der Waals surface area contributed by atoms with Gasteiger partial charge in [-0.15, -0.1) is 0 Å². The highest BCUT2D eigenvalue weighted by molar-refractivity contribution is 7.98. The van der Waals surface area contributed by atoms with Gasteiger partial charge in [0.05, 0.1) is 22.9 Å². The molecule has 0 radical (unpaired) electrons. The fourth-order valence-corrected chi connectivity index (χ4v) is 8.55. The molecule has 0 unspecified atom stereocenters. The summed E-state index contributed by atoms with van der Waals surface area (Å²) in [4.78, 5) is 39.7. The number of aliphatic hydroxyl groups excluding tert-OH is 1. The number of amides is 2. The number of aromatic nitrogens is 3. The number of aliphatic carboxylic acids is 1. The predicted molar refractivity (Wildman–Crippen MR) is 158 cm³/mol. The molecule has 1 saturated heterocycles. The second kappa shape index (κ2) is 10.8. The standard InChI is InChI=1S/C30H29N5O6S2/c1-15-22(25(30(40)41)35-24(15)23(16(2)36)27(35)39)21-13-34-14-33(28(42-3)29(34)43-21)11-18-7-17(8-20(37)9-18)10-32-6-4-5-19(12-32)26(31)38/h4-9,12-16,23-24,36H,10-11H2,1-3H3,(H2-2,31,37,38,40,41)/p+2/t15-,16+,23+,24+/m0/s1. The molecule has 1 aromatic carbocycles. The van der Waals surface area contributed by atoms with Crippen LogP contribution in [0.2, 0.25) is 0 Å². The topological polar surface area (TPSA) is 154 Å². The van der Waals surface area contributed by atoms with Crippen LogP contribution in [-0.4, -0.2) is 61.0 Å². The van der Waals surface area contributed by atoms with Crippen molar-refractivity contribution in [3.05, 3.63) is 82.5 Å². The summed E-state index contributed by atoms with van der Waals surface area (Å²) in [5.41, 5.74) is 8.15. The van der Waals surface area contributed by atoms with Crippen molar-refractivity contribution in [2.75, 3.05) is 6.26 Å². The molecule has 2 aliphatic rings. The van der Waals surface area contributed by atoms with Crippen molar-refractivity contribution in [1.82, 2.24) is 9.47 Å². The summed E-state index contributed by atoms with van der Waals surface area (Å²) in [6, 6.07) is 8.42. The van der Waals surface area contributed by atoms with Gasteiger partial charge in [-0.2, -0.15) is 8.97 Å². The lowest BCUT2D eigenvalue weighted by atomic mass is 9.77. The van der Waals surface area contributed by atoms with Gasteiger partial charge in [0.25, 0.3) is 12.2 Å². The monoisotopic (exact) mass is 621 g/mol. The first kappa shape index (κ1) is 28.9. The first-order chi connectivity index (χ1) is 20.5. The third-order valence-corrected chi connectivity index (χ3v) is 10.2. The van der Waals surface area contributed by atoms with Crippen LogP contribution in [0.15, 0.2) is 66.0 Å². The molecule has 0 bridgehead atoms. The Morgan fingerprint density at radius 1 is 1.21 bits per heavy atom. The minimum atomic E-state index is -1.15. The van der Waals surface area contributed by atoms with Gasteiger partial charge in [0, 0.05) is 23.1 Å².